The molecule has 0 aliphatic rings. The average molecular weight is 408 g/mol. The maximum absolute atomic E-state index is 12.5. The number of aryl methyl sites for hydroxylation is 2. The zero-order valence-electron chi connectivity index (χ0n) is 14.7. The molecular formula is C18H15Cl2N3O4. The van der Waals surface area contributed by atoms with Crippen LogP contribution in [0.4, 0.5) is 0 Å². The van der Waals surface area contributed by atoms with Crippen molar-refractivity contribution in [1.29, 1.82) is 0 Å². The molecule has 9 heteroatoms. The third kappa shape index (κ3) is 3.89. The summed E-state index contributed by atoms with van der Waals surface area (Å²) in [6.07, 6.45) is 1.24. The van der Waals surface area contributed by atoms with Gasteiger partial charge in [0.05, 0.1) is 10.6 Å². The molecule has 140 valence electrons. The molecule has 0 aromatic carbocycles. The number of carbonyl (C=O) groups excluding carboxylic acids is 2. The van der Waals surface area contributed by atoms with Crippen LogP contribution in [0.3, 0.4) is 0 Å². The summed E-state index contributed by atoms with van der Waals surface area (Å²) in [5, 5.41) is 4.18. The first-order valence-electron chi connectivity index (χ1n) is 7.92. The van der Waals surface area contributed by atoms with Gasteiger partial charge in [0.25, 0.3) is 0 Å². The van der Waals surface area contributed by atoms with Crippen LogP contribution in [0.25, 0.3) is 5.82 Å². The van der Waals surface area contributed by atoms with E-state index < -0.39 is 12.6 Å². The molecule has 0 N–H and O–H groups in total. The van der Waals surface area contributed by atoms with Gasteiger partial charge in [-0.3, -0.25) is 9.36 Å². The molecule has 0 radical (unpaired) electrons. The number of hydrogen-bond donors (Lipinski definition) is 0. The first-order chi connectivity index (χ1) is 12.8. The minimum Gasteiger partial charge on any atom is -0.454 e. The van der Waals surface area contributed by atoms with Crippen LogP contribution in [-0.4, -0.2) is 33.1 Å². The Bertz CT molecular complexity index is 1040. The SMILES string of the molecule is Cc1cc(-n2c(C)cc(C(=O)COC(=O)c3cnc(Cl)c(Cl)c3)c2C)no1. The smallest absolute Gasteiger partial charge is 0.340 e. The van der Waals surface area contributed by atoms with E-state index in [1.54, 1.807) is 30.5 Å². The van der Waals surface area contributed by atoms with Crippen molar-refractivity contribution in [2.24, 2.45) is 0 Å². The van der Waals surface area contributed by atoms with Gasteiger partial charge in [0.2, 0.25) is 5.78 Å². The van der Waals surface area contributed by atoms with E-state index >= 15 is 0 Å². The number of ketones is 1. The zero-order valence-corrected chi connectivity index (χ0v) is 16.3. The van der Waals surface area contributed by atoms with Crippen LogP contribution in [0.2, 0.25) is 10.2 Å². The summed E-state index contributed by atoms with van der Waals surface area (Å²) in [7, 11) is 0. The number of aromatic nitrogens is 3. The molecule has 0 aliphatic heterocycles. The lowest BCUT2D eigenvalue weighted by molar-refractivity contribution is 0.0474. The Morgan fingerprint density at radius 1 is 1.19 bits per heavy atom. The summed E-state index contributed by atoms with van der Waals surface area (Å²) in [6.45, 7) is 5.01. The van der Waals surface area contributed by atoms with E-state index in [2.05, 4.69) is 10.1 Å². The maximum Gasteiger partial charge on any atom is 0.340 e. The summed E-state index contributed by atoms with van der Waals surface area (Å²) >= 11 is 11.5. The molecule has 0 spiro atoms. The van der Waals surface area contributed by atoms with E-state index in [9.17, 15) is 9.59 Å². The monoisotopic (exact) mass is 407 g/mol. The molecule has 0 amide bonds. The molecule has 3 aromatic heterocycles. The molecule has 3 aromatic rings. The topological polar surface area (TPSA) is 87.2 Å². The standard InChI is InChI=1S/C18H15Cl2N3O4/c1-9-4-13(11(3)23(9)16-5-10(2)27-22-16)15(24)8-26-18(25)12-6-14(19)17(20)21-7-12/h4-7H,8H2,1-3H3. The average Bonchev–Trinajstić information content (AvgIpc) is 3.17. The second kappa shape index (κ2) is 7.54. The van der Waals surface area contributed by atoms with Crippen molar-refractivity contribution in [2.75, 3.05) is 6.61 Å². The molecule has 0 fully saturated rings. The molecule has 0 bridgehead atoms. The number of halogens is 2. The number of Topliss-reactive ketones (excluding diaryl/α,β-unsaturated/α-hetero) is 1. The minimum absolute atomic E-state index is 0.0832. The second-order valence-electron chi connectivity index (χ2n) is 5.91. The van der Waals surface area contributed by atoms with Crippen molar-refractivity contribution in [3.05, 3.63) is 62.8 Å². The summed E-state index contributed by atoms with van der Waals surface area (Å²) in [5.74, 6) is 0.196. The molecule has 0 saturated carbocycles. The minimum atomic E-state index is -0.713. The van der Waals surface area contributed by atoms with Gasteiger partial charge in [-0.15, -0.1) is 0 Å². The molecule has 0 saturated heterocycles. The largest absolute Gasteiger partial charge is 0.454 e. The number of nitrogens with zero attached hydrogens (tertiary/aromatic N) is 3. The molecule has 27 heavy (non-hydrogen) atoms. The van der Waals surface area contributed by atoms with Gasteiger partial charge in [-0.2, -0.15) is 0 Å². The number of esters is 1. The van der Waals surface area contributed by atoms with Crippen molar-refractivity contribution in [2.45, 2.75) is 20.8 Å². The summed E-state index contributed by atoms with van der Waals surface area (Å²) < 4.78 is 12.0. The zero-order chi connectivity index (χ0) is 19.7. The van der Waals surface area contributed by atoms with Gasteiger partial charge >= 0.3 is 5.97 Å². The highest BCUT2D eigenvalue weighted by molar-refractivity contribution is 6.41. The van der Waals surface area contributed by atoms with E-state index in [1.165, 1.54) is 12.3 Å². The van der Waals surface area contributed by atoms with Gasteiger partial charge in [-0.05, 0) is 32.9 Å². The maximum atomic E-state index is 12.5. The molecule has 7 nitrogen and oxygen atoms in total. The lowest BCUT2D eigenvalue weighted by Gasteiger charge is -2.06. The van der Waals surface area contributed by atoms with E-state index in [0.29, 0.717) is 22.8 Å². The Morgan fingerprint density at radius 3 is 2.56 bits per heavy atom. The van der Waals surface area contributed by atoms with Gasteiger partial charge in [-0.1, -0.05) is 28.4 Å². The van der Waals surface area contributed by atoms with E-state index in [1.807, 2.05) is 6.92 Å². The first-order valence-corrected chi connectivity index (χ1v) is 8.67. The fourth-order valence-corrected chi connectivity index (χ4v) is 2.95. The van der Waals surface area contributed by atoms with Crippen LogP contribution < -0.4 is 0 Å². The highest BCUT2D eigenvalue weighted by atomic mass is 35.5. The van der Waals surface area contributed by atoms with Crippen molar-refractivity contribution in [3.8, 4) is 5.82 Å². The summed E-state index contributed by atoms with van der Waals surface area (Å²) in [4.78, 5) is 28.4. The fraction of sp³-hybridized carbons (Fsp3) is 0.222. The van der Waals surface area contributed by atoms with Crippen molar-refractivity contribution >= 4 is 35.0 Å². The van der Waals surface area contributed by atoms with Crippen LogP contribution in [0.5, 0.6) is 0 Å². The Balaban J connectivity index is 1.75. The van der Waals surface area contributed by atoms with Crippen LogP contribution in [-0.2, 0) is 4.74 Å². The van der Waals surface area contributed by atoms with Crippen LogP contribution in [0.15, 0.2) is 28.9 Å². The predicted molar refractivity (Wildman–Crippen MR) is 98.9 cm³/mol. The van der Waals surface area contributed by atoms with E-state index in [0.717, 1.165) is 5.69 Å². The lowest BCUT2D eigenvalue weighted by atomic mass is 10.1. The first kappa shape index (κ1) is 19.1. The molecule has 0 atom stereocenters. The van der Waals surface area contributed by atoms with Crippen molar-refractivity contribution < 1.29 is 18.8 Å². The molecule has 0 aliphatic carbocycles. The number of ether oxygens (including phenoxy) is 1. The Kier molecular flexibility index (Phi) is 5.34. The van der Waals surface area contributed by atoms with Crippen LogP contribution in [0, 0.1) is 20.8 Å². The molecule has 3 heterocycles. The number of carbonyl (C=O) groups is 2. The van der Waals surface area contributed by atoms with Gasteiger partial charge in [0.1, 0.15) is 10.9 Å². The lowest BCUT2D eigenvalue weighted by Crippen LogP contribution is -2.15. The Labute approximate surface area is 164 Å². The Hall–Kier alpha value is -2.64. The summed E-state index contributed by atoms with van der Waals surface area (Å²) in [5.41, 5.74) is 2.04. The van der Waals surface area contributed by atoms with Crippen molar-refractivity contribution in [1.82, 2.24) is 14.7 Å². The van der Waals surface area contributed by atoms with Crippen molar-refractivity contribution in [3.63, 3.8) is 0 Å². The Morgan fingerprint density at radius 2 is 1.93 bits per heavy atom. The number of rotatable bonds is 5. The van der Waals surface area contributed by atoms with Crippen LogP contribution >= 0.6 is 23.2 Å². The number of pyridine rings is 1. The fourth-order valence-electron chi connectivity index (χ4n) is 2.68. The van der Waals surface area contributed by atoms with Gasteiger partial charge < -0.3 is 9.26 Å². The molecule has 3 rings (SSSR count). The van der Waals surface area contributed by atoms with E-state index in [-0.39, 0.29) is 21.5 Å². The quantitative estimate of drug-likeness (QED) is 0.358. The normalized spacial score (nSPS) is 10.9. The molecule has 0 unspecified atom stereocenters. The van der Waals surface area contributed by atoms with Gasteiger partial charge in [0.15, 0.2) is 12.4 Å². The van der Waals surface area contributed by atoms with Gasteiger partial charge in [0, 0.05) is 29.2 Å². The van der Waals surface area contributed by atoms with Gasteiger partial charge in [-0.25, -0.2) is 9.78 Å². The third-order valence-electron chi connectivity index (χ3n) is 3.94. The highest BCUT2D eigenvalue weighted by Crippen LogP contribution is 2.22. The molecular weight excluding hydrogens is 393 g/mol. The van der Waals surface area contributed by atoms with E-state index in [4.69, 9.17) is 32.5 Å². The third-order valence-corrected chi connectivity index (χ3v) is 4.63. The number of hydrogen-bond acceptors (Lipinski definition) is 6. The predicted octanol–water partition coefficient (Wildman–Crippen LogP) is 4.13. The second-order valence-corrected chi connectivity index (χ2v) is 6.68. The van der Waals surface area contributed by atoms with Crippen LogP contribution in [0.1, 0.15) is 37.9 Å². The highest BCUT2D eigenvalue weighted by Gasteiger charge is 2.20. The summed E-state index contributed by atoms with van der Waals surface area (Å²) in [6, 6.07) is 4.82.